The van der Waals surface area contributed by atoms with Gasteiger partial charge in [0.15, 0.2) is 0 Å². The van der Waals surface area contributed by atoms with Crippen molar-refractivity contribution in [3.63, 3.8) is 0 Å². The zero-order chi connectivity index (χ0) is 15.9. The SMILES string of the molecule is CCOC(=O)Nc1ccc(N(CC)c2cccc(C)c2)cc1. The van der Waals surface area contributed by atoms with E-state index in [9.17, 15) is 4.79 Å². The van der Waals surface area contributed by atoms with Crippen molar-refractivity contribution in [1.29, 1.82) is 0 Å². The molecule has 0 heterocycles. The van der Waals surface area contributed by atoms with Crippen LogP contribution in [0.4, 0.5) is 21.9 Å². The molecule has 4 nitrogen and oxygen atoms in total. The van der Waals surface area contributed by atoms with E-state index in [4.69, 9.17) is 4.74 Å². The molecule has 0 unspecified atom stereocenters. The van der Waals surface area contributed by atoms with E-state index in [1.54, 1.807) is 6.92 Å². The summed E-state index contributed by atoms with van der Waals surface area (Å²) in [5, 5.41) is 2.70. The molecule has 1 amide bonds. The van der Waals surface area contributed by atoms with E-state index in [1.165, 1.54) is 5.56 Å². The standard InChI is InChI=1S/C18H22N2O2/c1-4-20(17-8-6-7-14(3)13-17)16-11-9-15(10-12-16)19-18(21)22-5-2/h6-13H,4-5H2,1-3H3,(H,19,21). The number of anilines is 3. The molecule has 0 saturated heterocycles. The molecule has 0 spiro atoms. The van der Waals surface area contributed by atoms with Crippen LogP contribution >= 0.6 is 0 Å². The highest BCUT2D eigenvalue weighted by Crippen LogP contribution is 2.26. The van der Waals surface area contributed by atoms with Gasteiger partial charge in [0.25, 0.3) is 0 Å². The fourth-order valence-electron chi connectivity index (χ4n) is 2.32. The zero-order valence-electron chi connectivity index (χ0n) is 13.3. The Morgan fingerprint density at radius 3 is 2.41 bits per heavy atom. The van der Waals surface area contributed by atoms with Crippen molar-refractivity contribution >= 4 is 23.2 Å². The molecule has 2 aromatic carbocycles. The Labute approximate surface area is 131 Å². The van der Waals surface area contributed by atoms with E-state index < -0.39 is 6.09 Å². The van der Waals surface area contributed by atoms with E-state index in [2.05, 4.69) is 48.3 Å². The molecule has 0 aromatic heterocycles. The van der Waals surface area contributed by atoms with Crippen molar-refractivity contribution in [3.05, 3.63) is 54.1 Å². The Balaban J connectivity index is 2.15. The minimum absolute atomic E-state index is 0.362. The largest absolute Gasteiger partial charge is 0.450 e. The number of aryl methyl sites for hydroxylation is 1. The van der Waals surface area contributed by atoms with Crippen LogP contribution in [-0.4, -0.2) is 19.2 Å². The Kier molecular flexibility index (Phi) is 5.42. The average molecular weight is 298 g/mol. The van der Waals surface area contributed by atoms with Crippen LogP contribution in [0.25, 0.3) is 0 Å². The molecule has 0 aliphatic heterocycles. The van der Waals surface area contributed by atoms with Crippen molar-refractivity contribution < 1.29 is 9.53 Å². The first-order valence-electron chi connectivity index (χ1n) is 7.52. The summed E-state index contributed by atoms with van der Waals surface area (Å²) in [5.41, 5.74) is 4.20. The average Bonchev–Trinajstić information content (AvgIpc) is 2.50. The minimum atomic E-state index is -0.429. The maximum absolute atomic E-state index is 11.4. The molecule has 1 N–H and O–H groups in total. The molecule has 116 valence electrons. The lowest BCUT2D eigenvalue weighted by Gasteiger charge is -2.24. The Morgan fingerprint density at radius 2 is 1.82 bits per heavy atom. The molecule has 0 fully saturated rings. The zero-order valence-corrected chi connectivity index (χ0v) is 13.3. The number of nitrogens with one attached hydrogen (secondary N) is 1. The number of amides is 1. The van der Waals surface area contributed by atoms with E-state index in [0.29, 0.717) is 6.61 Å². The van der Waals surface area contributed by atoms with Crippen molar-refractivity contribution in [2.45, 2.75) is 20.8 Å². The lowest BCUT2D eigenvalue weighted by molar-refractivity contribution is 0.168. The summed E-state index contributed by atoms with van der Waals surface area (Å²) >= 11 is 0. The maximum Gasteiger partial charge on any atom is 0.411 e. The molecule has 0 radical (unpaired) electrons. The molecule has 22 heavy (non-hydrogen) atoms. The molecule has 2 aromatic rings. The quantitative estimate of drug-likeness (QED) is 0.868. The highest BCUT2D eigenvalue weighted by atomic mass is 16.5. The summed E-state index contributed by atoms with van der Waals surface area (Å²) in [4.78, 5) is 13.6. The summed E-state index contributed by atoms with van der Waals surface area (Å²) in [6.07, 6.45) is -0.429. The van der Waals surface area contributed by atoms with E-state index >= 15 is 0 Å². The Morgan fingerprint density at radius 1 is 1.09 bits per heavy atom. The molecule has 2 rings (SSSR count). The third-order valence-electron chi connectivity index (χ3n) is 3.33. The van der Waals surface area contributed by atoms with Gasteiger partial charge >= 0.3 is 6.09 Å². The van der Waals surface area contributed by atoms with Gasteiger partial charge in [0.05, 0.1) is 6.61 Å². The molecule has 4 heteroatoms. The minimum Gasteiger partial charge on any atom is -0.450 e. The second kappa shape index (κ2) is 7.50. The number of hydrogen-bond acceptors (Lipinski definition) is 3. The highest BCUT2D eigenvalue weighted by Gasteiger charge is 2.08. The van der Waals surface area contributed by atoms with Gasteiger partial charge in [0.1, 0.15) is 0 Å². The summed E-state index contributed by atoms with van der Waals surface area (Å²) < 4.78 is 4.87. The lowest BCUT2D eigenvalue weighted by atomic mass is 10.2. The first kappa shape index (κ1) is 15.9. The molecule has 0 aliphatic rings. The molecular formula is C18H22N2O2. The topological polar surface area (TPSA) is 41.6 Å². The van der Waals surface area contributed by atoms with Crippen LogP contribution in [0, 0.1) is 6.92 Å². The van der Waals surface area contributed by atoms with Gasteiger partial charge in [-0.25, -0.2) is 4.79 Å². The molecule has 0 aliphatic carbocycles. The predicted molar refractivity (Wildman–Crippen MR) is 90.9 cm³/mol. The summed E-state index contributed by atoms with van der Waals surface area (Å²) in [7, 11) is 0. The van der Waals surface area contributed by atoms with Gasteiger partial charge in [0, 0.05) is 23.6 Å². The summed E-state index contributed by atoms with van der Waals surface area (Å²) in [5.74, 6) is 0. The van der Waals surface area contributed by atoms with Gasteiger partial charge in [-0.05, 0) is 62.7 Å². The Hall–Kier alpha value is -2.49. The van der Waals surface area contributed by atoms with Crippen LogP contribution in [-0.2, 0) is 4.74 Å². The third kappa shape index (κ3) is 4.01. The number of rotatable bonds is 5. The van der Waals surface area contributed by atoms with Crippen molar-refractivity contribution in [2.24, 2.45) is 0 Å². The first-order valence-corrected chi connectivity index (χ1v) is 7.52. The third-order valence-corrected chi connectivity index (χ3v) is 3.33. The van der Waals surface area contributed by atoms with E-state index in [1.807, 2.05) is 24.3 Å². The van der Waals surface area contributed by atoms with Crippen molar-refractivity contribution in [3.8, 4) is 0 Å². The van der Waals surface area contributed by atoms with Gasteiger partial charge in [0.2, 0.25) is 0 Å². The number of nitrogens with zero attached hydrogens (tertiary/aromatic N) is 1. The summed E-state index contributed by atoms with van der Waals surface area (Å²) in [6, 6.07) is 16.2. The second-order valence-corrected chi connectivity index (χ2v) is 4.98. The number of hydrogen-bond donors (Lipinski definition) is 1. The molecule has 0 bridgehead atoms. The second-order valence-electron chi connectivity index (χ2n) is 4.98. The maximum atomic E-state index is 11.4. The predicted octanol–water partition coefficient (Wildman–Crippen LogP) is 4.72. The number of ether oxygens (including phenoxy) is 1. The fourth-order valence-corrected chi connectivity index (χ4v) is 2.32. The van der Waals surface area contributed by atoms with E-state index in [-0.39, 0.29) is 0 Å². The fraction of sp³-hybridized carbons (Fsp3) is 0.278. The van der Waals surface area contributed by atoms with E-state index in [0.717, 1.165) is 23.6 Å². The van der Waals surface area contributed by atoms with Crippen LogP contribution < -0.4 is 10.2 Å². The van der Waals surface area contributed by atoms with Crippen LogP contribution in [0.15, 0.2) is 48.5 Å². The smallest absolute Gasteiger partial charge is 0.411 e. The van der Waals surface area contributed by atoms with Crippen LogP contribution in [0.1, 0.15) is 19.4 Å². The van der Waals surface area contributed by atoms with Gasteiger partial charge in [-0.2, -0.15) is 0 Å². The van der Waals surface area contributed by atoms with Gasteiger partial charge in [-0.1, -0.05) is 12.1 Å². The highest BCUT2D eigenvalue weighted by molar-refractivity contribution is 5.85. The van der Waals surface area contributed by atoms with Crippen LogP contribution in [0.5, 0.6) is 0 Å². The van der Waals surface area contributed by atoms with Crippen molar-refractivity contribution in [1.82, 2.24) is 0 Å². The monoisotopic (exact) mass is 298 g/mol. The number of benzene rings is 2. The first-order chi connectivity index (χ1) is 10.6. The molecule has 0 atom stereocenters. The Bertz CT molecular complexity index is 623. The van der Waals surface area contributed by atoms with Crippen LogP contribution in [0.2, 0.25) is 0 Å². The summed E-state index contributed by atoms with van der Waals surface area (Å²) in [6.45, 7) is 7.22. The molecular weight excluding hydrogens is 276 g/mol. The molecule has 0 saturated carbocycles. The van der Waals surface area contributed by atoms with Crippen molar-refractivity contribution in [2.75, 3.05) is 23.4 Å². The number of carbonyl (C=O) groups excluding carboxylic acids is 1. The van der Waals surface area contributed by atoms with Gasteiger partial charge in [-0.3, -0.25) is 5.32 Å². The number of carbonyl (C=O) groups is 1. The normalized spacial score (nSPS) is 10.1. The van der Waals surface area contributed by atoms with Crippen LogP contribution in [0.3, 0.4) is 0 Å². The van der Waals surface area contributed by atoms with Gasteiger partial charge in [-0.15, -0.1) is 0 Å². The van der Waals surface area contributed by atoms with Gasteiger partial charge < -0.3 is 9.64 Å². The lowest BCUT2D eigenvalue weighted by Crippen LogP contribution is -2.16.